The molecule has 2 rings (SSSR count). The summed E-state index contributed by atoms with van der Waals surface area (Å²) >= 11 is 0. The van der Waals surface area contributed by atoms with Gasteiger partial charge in [0.2, 0.25) is 5.91 Å². The van der Waals surface area contributed by atoms with Gasteiger partial charge in [-0.1, -0.05) is 6.42 Å². The second-order valence-electron chi connectivity index (χ2n) is 4.96. The normalized spacial score (nSPS) is 19.7. The van der Waals surface area contributed by atoms with Gasteiger partial charge in [0.25, 0.3) is 0 Å². The fraction of sp³-hybridized carbons (Fsp3) is 0.833. The van der Waals surface area contributed by atoms with Crippen molar-refractivity contribution in [3.05, 3.63) is 0 Å². The summed E-state index contributed by atoms with van der Waals surface area (Å²) in [5, 5.41) is 6.07. The summed E-state index contributed by atoms with van der Waals surface area (Å²) in [6, 6.07) is 0.553. The van der Waals surface area contributed by atoms with Crippen molar-refractivity contribution in [1.29, 1.82) is 0 Å². The van der Waals surface area contributed by atoms with E-state index in [0.29, 0.717) is 25.1 Å². The van der Waals surface area contributed by atoms with E-state index in [1.54, 1.807) is 0 Å². The highest BCUT2D eigenvalue weighted by atomic mass is 127. The summed E-state index contributed by atoms with van der Waals surface area (Å²) in [5.41, 5.74) is 5.69. The first-order valence-electron chi connectivity index (χ1n) is 6.60. The van der Waals surface area contributed by atoms with Gasteiger partial charge in [0, 0.05) is 25.0 Å². The van der Waals surface area contributed by atoms with E-state index in [0.717, 1.165) is 19.3 Å². The molecule has 0 saturated heterocycles. The molecule has 4 N–H and O–H groups in total. The Labute approximate surface area is 125 Å². The van der Waals surface area contributed by atoms with Crippen LogP contribution in [0.5, 0.6) is 0 Å². The van der Waals surface area contributed by atoms with Crippen molar-refractivity contribution >= 4 is 35.8 Å². The number of aliphatic imine (C=N–C) groups is 1. The van der Waals surface area contributed by atoms with Crippen LogP contribution in [-0.2, 0) is 4.79 Å². The maximum atomic E-state index is 11.5. The second kappa shape index (κ2) is 7.81. The predicted octanol–water partition coefficient (Wildman–Crippen LogP) is 0.977. The smallest absolute Gasteiger partial charge is 0.223 e. The van der Waals surface area contributed by atoms with Gasteiger partial charge in [-0.05, 0) is 32.1 Å². The van der Waals surface area contributed by atoms with E-state index in [-0.39, 0.29) is 35.8 Å². The Kier molecular flexibility index (Phi) is 6.73. The number of nitrogens with zero attached hydrogens (tertiary/aromatic N) is 1. The van der Waals surface area contributed by atoms with Crippen LogP contribution in [0.4, 0.5) is 0 Å². The number of nitrogens with two attached hydrogens (primary N) is 1. The monoisotopic (exact) mass is 366 g/mol. The molecule has 2 aliphatic carbocycles. The lowest BCUT2D eigenvalue weighted by atomic mass is 9.85. The molecule has 2 aliphatic rings. The Bertz CT molecular complexity index is 300. The van der Waals surface area contributed by atoms with E-state index >= 15 is 0 Å². The third kappa shape index (κ3) is 5.41. The zero-order chi connectivity index (χ0) is 12.1. The van der Waals surface area contributed by atoms with Gasteiger partial charge in [-0.2, -0.15) is 0 Å². The first kappa shape index (κ1) is 15.5. The molecule has 2 fully saturated rings. The first-order valence-corrected chi connectivity index (χ1v) is 6.60. The number of rotatable bonds is 6. The molecule has 2 saturated carbocycles. The van der Waals surface area contributed by atoms with Crippen molar-refractivity contribution in [2.24, 2.45) is 16.6 Å². The van der Waals surface area contributed by atoms with Gasteiger partial charge in [-0.15, -0.1) is 24.0 Å². The van der Waals surface area contributed by atoms with E-state index in [4.69, 9.17) is 5.73 Å². The molecule has 104 valence electrons. The fourth-order valence-corrected chi connectivity index (χ4v) is 1.79. The molecule has 0 heterocycles. The van der Waals surface area contributed by atoms with Crippen molar-refractivity contribution < 1.29 is 4.79 Å². The second-order valence-corrected chi connectivity index (χ2v) is 4.96. The molecule has 18 heavy (non-hydrogen) atoms. The standard InChI is InChI=1S/C12H22N4O.HI/c13-12(16-10-5-6-10)15-8-2-7-14-11(17)9-3-1-4-9;/h9-10H,1-8H2,(H,14,17)(H3,13,15,16);1H. The van der Waals surface area contributed by atoms with Crippen LogP contribution in [0.15, 0.2) is 4.99 Å². The van der Waals surface area contributed by atoms with Crippen molar-refractivity contribution in [3.8, 4) is 0 Å². The maximum absolute atomic E-state index is 11.5. The molecular formula is C12H23IN4O. The van der Waals surface area contributed by atoms with Crippen LogP contribution >= 0.6 is 24.0 Å². The molecule has 0 aromatic rings. The zero-order valence-electron chi connectivity index (χ0n) is 10.7. The molecule has 1 amide bonds. The largest absolute Gasteiger partial charge is 0.370 e. The Morgan fingerprint density at radius 3 is 2.56 bits per heavy atom. The molecule has 0 aromatic carbocycles. The minimum atomic E-state index is 0. The van der Waals surface area contributed by atoms with E-state index in [2.05, 4.69) is 15.6 Å². The molecule has 0 radical (unpaired) electrons. The third-order valence-electron chi connectivity index (χ3n) is 3.32. The number of halogens is 1. The lowest BCUT2D eigenvalue weighted by Gasteiger charge is -2.23. The minimum absolute atomic E-state index is 0. The van der Waals surface area contributed by atoms with E-state index in [1.807, 2.05) is 0 Å². The molecule has 0 aromatic heterocycles. The van der Waals surface area contributed by atoms with Crippen molar-refractivity contribution in [2.45, 2.75) is 44.6 Å². The number of carbonyl (C=O) groups is 1. The van der Waals surface area contributed by atoms with Gasteiger partial charge < -0.3 is 16.4 Å². The molecule has 0 bridgehead atoms. The number of hydrogen-bond donors (Lipinski definition) is 3. The molecule has 0 atom stereocenters. The average molecular weight is 366 g/mol. The minimum Gasteiger partial charge on any atom is -0.370 e. The SMILES string of the molecule is I.NC(=NCCCNC(=O)C1CCC1)NC1CC1. The molecule has 0 aliphatic heterocycles. The van der Waals surface area contributed by atoms with Crippen molar-refractivity contribution in [1.82, 2.24) is 10.6 Å². The summed E-state index contributed by atoms with van der Waals surface area (Å²) in [6.45, 7) is 1.38. The van der Waals surface area contributed by atoms with E-state index in [9.17, 15) is 4.79 Å². The van der Waals surface area contributed by atoms with Crippen LogP contribution in [0.2, 0.25) is 0 Å². The molecule has 0 spiro atoms. The number of nitrogens with one attached hydrogen (secondary N) is 2. The Morgan fingerprint density at radius 2 is 2.00 bits per heavy atom. The van der Waals surface area contributed by atoms with Crippen molar-refractivity contribution in [2.75, 3.05) is 13.1 Å². The average Bonchev–Trinajstić information content (AvgIpc) is 2.98. The van der Waals surface area contributed by atoms with Gasteiger partial charge >= 0.3 is 0 Å². The predicted molar refractivity (Wildman–Crippen MR) is 83.0 cm³/mol. The third-order valence-corrected chi connectivity index (χ3v) is 3.32. The zero-order valence-corrected chi connectivity index (χ0v) is 13.0. The lowest BCUT2D eigenvalue weighted by molar-refractivity contribution is -0.127. The summed E-state index contributed by atoms with van der Waals surface area (Å²) in [5.74, 6) is 1.03. The van der Waals surface area contributed by atoms with Crippen LogP contribution < -0.4 is 16.4 Å². The maximum Gasteiger partial charge on any atom is 0.223 e. The first-order chi connectivity index (χ1) is 8.25. The molecule has 6 heteroatoms. The van der Waals surface area contributed by atoms with Gasteiger partial charge in [0.15, 0.2) is 5.96 Å². The van der Waals surface area contributed by atoms with Crippen LogP contribution in [0.3, 0.4) is 0 Å². The highest BCUT2D eigenvalue weighted by Crippen LogP contribution is 2.25. The molecular weight excluding hydrogens is 343 g/mol. The Morgan fingerprint density at radius 1 is 1.28 bits per heavy atom. The summed E-state index contributed by atoms with van der Waals surface area (Å²) in [7, 11) is 0. The van der Waals surface area contributed by atoms with E-state index < -0.39 is 0 Å². The van der Waals surface area contributed by atoms with Crippen molar-refractivity contribution in [3.63, 3.8) is 0 Å². The topological polar surface area (TPSA) is 79.5 Å². The number of amides is 1. The highest BCUT2D eigenvalue weighted by molar-refractivity contribution is 14.0. The summed E-state index contributed by atoms with van der Waals surface area (Å²) in [6.07, 6.45) is 6.57. The van der Waals surface area contributed by atoms with Gasteiger partial charge in [0.05, 0.1) is 0 Å². The Balaban J connectivity index is 0.00000162. The Hall–Kier alpha value is -0.530. The van der Waals surface area contributed by atoms with Crippen LogP contribution in [-0.4, -0.2) is 31.0 Å². The van der Waals surface area contributed by atoms with E-state index in [1.165, 1.54) is 19.3 Å². The molecule has 5 nitrogen and oxygen atoms in total. The quantitative estimate of drug-likeness (QED) is 0.284. The van der Waals surface area contributed by atoms with Crippen LogP contribution in [0.1, 0.15) is 38.5 Å². The molecule has 0 unspecified atom stereocenters. The number of guanidine groups is 1. The van der Waals surface area contributed by atoms with Gasteiger partial charge in [0.1, 0.15) is 0 Å². The highest BCUT2D eigenvalue weighted by Gasteiger charge is 2.24. The van der Waals surface area contributed by atoms with Gasteiger partial charge in [-0.25, -0.2) is 0 Å². The fourth-order valence-electron chi connectivity index (χ4n) is 1.79. The van der Waals surface area contributed by atoms with Crippen LogP contribution in [0.25, 0.3) is 0 Å². The summed E-state index contributed by atoms with van der Waals surface area (Å²) in [4.78, 5) is 15.7. The number of carbonyl (C=O) groups excluding carboxylic acids is 1. The summed E-state index contributed by atoms with van der Waals surface area (Å²) < 4.78 is 0. The lowest BCUT2D eigenvalue weighted by Crippen LogP contribution is -2.35. The van der Waals surface area contributed by atoms with Crippen LogP contribution in [0, 0.1) is 5.92 Å². The number of hydrogen-bond acceptors (Lipinski definition) is 2. The van der Waals surface area contributed by atoms with Gasteiger partial charge in [-0.3, -0.25) is 9.79 Å².